The zero-order valence-corrected chi connectivity index (χ0v) is 18.6. The summed E-state index contributed by atoms with van der Waals surface area (Å²) in [5.41, 5.74) is 2.08. The van der Waals surface area contributed by atoms with Gasteiger partial charge in [0.15, 0.2) is 11.5 Å². The number of hydrogen-bond donors (Lipinski definition) is 1. The van der Waals surface area contributed by atoms with Gasteiger partial charge in [-0.15, -0.1) is 11.3 Å². The molecule has 0 fully saturated rings. The van der Waals surface area contributed by atoms with E-state index >= 15 is 0 Å². The van der Waals surface area contributed by atoms with Gasteiger partial charge in [-0.3, -0.25) is 14.2 Å². The lowest BCUT2D eigenvalue weighted by Gasteiger charge is -2.13. The predicted molar refractivity (Wildman–Crippen MR) is 127 cm³/mol. The molecule has 8 heteroatoms. The van der Waals surface area contributed by atoms with Crippen molar-refractivity contribution < 1.29 is 14.3 Å². The molecule has 0 saturated carbocycles. The number of aromatic nitrogens is 2. The number of carbonyl (C=O) groups excluding carboxylic acids is 1. The van der Waals surface area contributed by atoms with E-state index in [1.807, 2.05) is 49.6 Å². The fourth-order valence-corrected chi connectivity index (χ4v) is 4.30. The first-order valence-electron chi connectivity index (χ1n) is 10.3. The molecule has 1 amide bonds. The number of hydrogen-bond acceptors (Lipinski definition) is 6. The molecule has 2 aromatic heterocycles. The minimum atomic E-state index is -0.337. The van der Waals surface area contributed by atoms with Gasteiger partial charge in [-0.05, 0) is 31.5 Å². The minimum Gasteiger partial charge on any atom is -0.490 e. The third-order valence-electron chi connectivity index (χ3n) is 4.79. The summed E-state index contributed by atoms with van der Waals surface area (Å²) in [6.45, 7) is 4.61. The molecule has 0 saturated heterocycles. The highest BCUT2D eigenvalue weighted by Gasteiger charge is 2.15. The van der Waals surface area contributed by atoms with Crippen molar-refractivity contribution >= 4 is 33.1 Å². The average Bonchev–Trinajstić information content (AvgIpc) is 3.23. The maximum Gasteiger partial charge on any atom is 0.263 e. The van der Waals surface area contributed by atoms with Crippen molar-refractivity contribution in [3.05, 3.63) is 70.6 Å². The van der Waals surface area contributed by atoms with E-state index in [-0.39, 0.29) is 18.0 Å². The summed E-state index contributed by atoms with van der Waals surface area (Å²) >= 11 is 1.41. The number of thiophene rings is 1. The van der Waals surface area contributed by atoms with Crippen LogP contribution in [0.5, 0.6) is 11.5 Å². The van der Waals surface area contributed by atoms with Crippen LogP contribution >= 0.6 is 11.3 Å². The second kappa shape index (κ2) is 9.65. The van der Waals surface area contributed by atoms with Crippen LogP contribution in [0.25, 0.3) is 21.3 Å². The van der Waals surface area contributed by atoms with E-state index in [1.165, 1.54) is 22.2 Å². The van der Waals surface area contributed by atoms with Gasteiger partial charge < -0.3 is 14.8 Å². The second-order valence-electron chi connectivity index (χ2n) is 6.95. The Morgan fingerprint density at radius 1 is 1.06 bits per heavy atom. The molecule has 0 aliphatic carbocycles. The van der Waals surface area contributed by atoms with Gasteiger partial charge in [0.25, 0.3) is 5.56 Å². The van der Waals surface area contributed by atoms with Crippen LogP contribution in [0.3, 0.4) is 0 Å². The van der Waals surface area contributed by atoms with Crippen LogP contribution in [-0.4, -0.2) is 28.7 Å². The molecule has 4 rings (SSSR count). The van der Waals surface area contributed by atoms with E-state index in [0.29, 0.717) is 40.6 Å². The Morgan fingerprint density at radius 2 is 1.81 bits per heavy atom. The molecule has 0 radical (unpaired) electrons. The number of nitrogens with zero attached hydrogens (tertiary/aromatic N) is 2. The van der Waals surface area contributed by atoms with Gasteiger partial charge in [-0.2, -0.15) is 0 Å². The van der Waals surface area contributed by atoms with Gasteiger partial charge in [0.1, 0.15) is 11.4 Å². The minimum absolute atomic E-state index is 0.150. The number of rotatable bonds is 8. The van der Waals surface area contributed by atoms with Gasteiger partial charge in [0.05, 0.1) is 24.9 Å². The molecule has 2 aromatic carbocycles. The van der Waals surface area contributed by atoms with Crippen molar-refractivity contribution in [2.45, 2.75) is 20.4 Å². The van der Waals surface area contributed by atoms with Crippen LogP contribution in [0.2, 0.25) is 0 Å². The maximum absolute atomic E-state index is 13.1. The largest absolute Gasteiger partial charge is 0.490 e. The molecule has 0 aliphatic rings. The molecule has 0 unspecified atom stereocenters. The van der Waals surface area contributed by atoms with E-state index < -0.39 is 0 Å². The summed E-state index contributed by atoms with van der Waals surface area (Å²) in [6.07, 6.45) is 1.42. The van der Waals surface area contributed by atoms with Crippen molar-refractivity contribution in [2.24, 2.45) is 0 Å². The van der Waals surface area contributed by atoms with Crippen LogP contribution in [0.15, 0.2) is 65.0 Å². The van der Waals surface area contributed by atoms with Crippen LogP contribution in [0.4, 0.5) is 5.69 Å². The Bertz CT molecular complexity index is 1300. The first-order chi connectivity index (χ1) is 15.6. The fraction of sp³-hybridized carbons (Fsp3) is 0.208. The number of carbonyl (C=O) groups is 1. The molecule has 164 valence electrons. The van der Waals surface area contributed by atoms with E-state index in [9.17, 15) is 9.59 Å². The summed E-state index contributed by atoms with van der Waals surface area (Å²) in [7, 11) is 0. The highest BCUT2D eigenvalue weighted by Crippen LogP contribution is 2.31. The second-order valence-corrected chi connectivity index (χ2v) is 7.81. The smallest absolute Gasteiger partial charge is 0.263 e. The van der Waals surface area contributed by atoms with Gasteiger partial charge in [0, 0.05) is 22.7 Å². The van der Waals surface area contributed by atoms with Crippen molar-refractivity contribution in [3.8, 4) is 22.6 Å². The van der Waals surface area contributed by atoms with E-state index in [0.717, 1.165) is 11.1 Å². The molecular formula is C24H23N3O4S. The van der Waals surface area contributed by atoms with E-state index in [4.69, 9.17) is 9.47 Å². The average molecular weight is 450 g/mol. The molecule has 0 aliphatic heterocycles. The Morgan fingerprint density at radius 3 is 2.56 bits per heavy atom. The molecule has 4 aromatic rings. The van der Waals surface area contributed by atoms with Gasteiger partial charge in [0.2, 0.25) is 5.91 Å². The van der Waals surface area contributed by atoms with Crippen molar-refractivity contribution in [2.75, 3.05) is 18.5 Å². The Labute approximate surface area is 189 Å². The molecule has 2 heterocycles. The molecular weight excluding hydrogens is 426 g/mol. The van der Waals surface area contributed by atoms with Crippen LogP contribution in [0.1, 0.15) is 13.8 Å². The van der Waals surface area contributed by atoms with Crippen molar-refractivity contribution in [1.82, 2.24) is 9.55 Å². The maximum atomic E-state index is 13.1. The van der Waals surface area contributed by atoms with Gasteiger partial charge in [-0.1, -0.05) is 30.3 Å². The lowest BCUT2D eigenvalue weighted by molar-refractivity contribution is -0.116. The molecule has 0 spiro atoms. The SMILES string of the molecule is CCOc1ccc(NC(=O)Cn2cnc3scc(-c4ccccc4)c3c2=O)cc1OCC. The monoisotopic (exact) mass is 449 g/mol. The zero-order valence-electron chi connectivity index (χ0n) is 17.8. The zero-order chi connectivity index (χ0) is 22.5. The lowest BCUT2D eigenvalue weighted by Crippen LogP contribution is -2.27. The Kier molecular flexibility index (Phi) is 6.51. The number of nitrogens with one attached hydrogen (secondary N) is 1. The van der Waals surface area contributed by atoms with Crippen LogP contribution in [0, 0.1) is 0 Å². The Balaban J connectivity index is 1.57. The molecule has 7 nitrogen and oxygen atoms in total. The Hall–Kier alpha value is -3.65. The molecule has 32 heavy (non-hydrogen) atoms. The number of benzene rings is 2. The fourth-order valence-electron chi connectivity index (χ4n) is 3.39. The quantitative estimate of drug-likeness (QED) is 0.426. The predicted octanol–water partition coefficient (Wildman–Crippen LogP) is 4.56. The number of amides is 1. The van der Waals surface area contributed by atoms with Gasteiger partial charge >= 0.3 is 0 Å². The van der Waals surface area contributed by atoms with Crippen molar-refractivity contribution in [3.63, 3.8) is 0 Å². The van der Waals surface area contributed by atoms with E-state index in [1.54, 1.807) is 18.2 Å². The number of anilines is 1. The highest BCUT2D eigenvalue weighted by atomic mass is 32.1. The van der Waals surface area contributed by atoms with Crippen LogP contribution < -0.4 is 20.3 Å². The van der Waals surface area contributed by atoms with E-state index in [2.05, 4.69) is 10.3 Å². The normalized spacial score (nSPS) is 10.8. The molecule has 1 N–H and O–H groups in total. The first-order valence-corrected chi connectivity index (χ1v) is 11.2. The first kappa shape index (κ1) is 21.6. The lowest BCUT2D eigenvalue weighted by atomic mass is 10.1. The third kappa shape index (κ3) is 4.50. The summed E-state index contributed by atoms with van der Waals surface area (Å²) in [5.74, 6) is 0.832. The summed E-state index contributed by atoms with van der Waals surface area (Å²) in [4.78, 5) is 30.9. The summed E-state index contributed by atoms with van der Waals surface area (Å²) in [6, 6.07) is 14.9. The topological polar surface area (TPSA) is 82.5 Å². The summed E-state index contributed by atoms with van der Waals surface area (Å²) < 4.78 is 12.5. The molecule has 0 atom stereocenters. The number of ether oxygens (including phenoxy) is 2. The third-order valence-corrected chi connectivity index (χ3v) is 5.67. The van der Waals surface area contributed by atoms with Crippen LogP contribution in [-0.2, 0) is 11.3 Å². The highest BCUT2D eigenvalue weighted by molar-refractivity contribution is 7.17. The summed E-state index contributed by atoms with van der Waals surface area (Å²) in [5, 5.41) is 5.26. The number of fused-ring (bicyclic) bond motifs is 1. The molecule has 0 bridgehead atoms. The van der Waals surface area contributed by atoms with Crippen molar-refractivity contribution in [1.29, 1.82) is 0 Å². The standard InChI is InChI=1S/C24H23N3O4S/c1-3-30-19-11-10-17(12-20(19)31-4-2)26-21(28)13-27-15-25-23-22(24(27)29)18(14-32-23)16-8-6-5-7-9-16/h5-12,14-15H,3-4,13H2,1-2H3,(H,26,28). The van der Waals surface area contributed by atoms with Gasteiger partial charge in [-0.25, -0.2) is 4.98 Å².